The Bertz CT molecular complexity index is 1040. The van der Waals surface area contributed by atoms with Crippen molar-refractivity contribution in [2.45, 2.75) is 0 Å². The molecule has 0 saturated carbocycles. The topological polar surface area (TPSA) is 140 Å². The molecule has 0 unspecified atom stereocenters. The third-order valence-corrected chi connectivity index (χ3v) is 3.93. The van der Waals surface area contributed by atoms with Crippen LogP contribution in [-0.2, 0) is 0 Å². The number of aromatic nitrogens is 2. The number of hydrogen-bond acceptors (Lipinski definition) is 7. The van der Waals surface area contributed by atoms with E-state index in [9.17, 15) is 14.9 Å². The Morgan fingerprint density at radius 2 is 2.00 bits per heavy atom. The second-order valence-corrected chi connectivity index (χ2v) is 5.71. The van der Waals surface area contributed by atoms with Crippen LogP contribution in [0.1, 0.15) is 0 Å². The fraction of sp³-hybridized carbons (Fsp3) is 0.167. The smallest absolute Gasteiger partial charge is 0.404 e. The number of nitrogens with one attached hydrogen (secondary N) is 2. The second kappa shape index (κ2) is 8.16. The quantitative estimate of drug-likeness (QED) is 0.321. The Balaban J connectivity index is 2.07. The highest BCUT2D eigenvalue weighted by Crippen LogP contribution is 2.31. The summed E-state index contributed by atoms with van der Waals surface area (Å²) in [7, 11) is 1.54. The summed E-state index contributed by atoms with van der Waals surface area (Å²) >= 11 is 0. The highest BCUT2D eigenvalue weighted by Gasteiger charge is 2.15. The number of non-ortho nitro benzene ring substituents is 1. The van der Waals surface area contributed by atoms with Gasteiger partial charge in [-0.05, 0) is 18.2 Å². The van der Waals surface area contributed by atoms with Crippen molar-refractivity contribution in [2.24, 2.45) is 0 Å². The number of hydrogen-bond donors (Lipinski definition) is 3. The summed E-state index contributed by atoms with van der Waals surface area (Å²) in [5.41, 5.74) is 1.08. The summed E-state index contributed by atoms with van der Waals surface area (Å²) in [6.45, 7) is 0.381. The number of fused-ring (bicyclic) bond motifs is 1. The Hall–Kier alpha value is -3.95. The lowest BCUT2D eigenvalue weighted by Gasteiger charge is -2.12. The molecule has 3 aromatic rings. The van der Waals surface area contributed by atoms with Crippen LogP contribution in [0, 0.1) is 10.1 Å². The first-order valence-electron chi connectivity index (χ1n) is 8.30. The van der Waals surface area contributed by atoms with Crippen LogP contribution < -0.4 is 15.4 Å². The zero-order valence-electron chi connectivity index (χ0n) is 14.9. The Kier molecular flexibility index (Phi) is 5.49. The SMILES string of the molecule is COc1ccccc1-c1nc(NCCNC(=O)O)c2cc([N+](=O)[O-])ccc2n1. The minimum Gasteiger partial charge on any atom is -0.496 e. The minimum atomic E-state index is -1.14. The van der Waals surface area contributed by atoms with Crippen molar-refractivity contribution in [1.82, 2.24) is 15.3 Å². The Labute approximate surface area is 159 Å². The second-order valence-electron chi connectivity index (χ2n) is 5.71. The fourth-order valence-corrected chi connectivity index (χ4v) is 2.66. The summed E-state index contributed by atoms with van der Waals surface area (Å²) < 4.78 is 5.36. The van der Waals surface area contributed by atoms with Crippen molar-refractivity contribution in [1.29, 1.82) is 0 Å². The number of anilines is 1. The molecule has 144 valence electrons. The molecular formula is C18H17N5O5. The molecule has 1 aromatic heterocycles. The van der Waals surface area contributed by atoms with Gasteiger partial charge in [0.05, 0.1) is 23.1 Å². The molecule has 0 aliphatic heterocycles. The lowest BCUT2D eigenvalue weighted by molar-refractivity contribution is -0.384. The molecule has 0 radical (unpaired) electrons. The van der Waals surface area contributed by atoms with Gasteiger partial charge in [0.1, 0.15) is 11.6 Å². The van der Waals surface area contributed by atoms with Gasteiger partial charge in [-0.25, -0.2) is 14.8 Å². The van der Waals surface area contributed by atoms with Gasteiger partial charge in [-0.15, -0.1) is 0 Å². The van der Waals surface area contributed by atoms with E-state index in [1.54, 1.807) is 25.3 Å². The molecule has 3 rings (SSSR count). The maximum Gasteiger partial charge on any atom is 0.404 e. The standard InChI is InChI=1S/C18H17N5O5/c1-28-15-5-3-2-4-12(15)17-21-14-7-6-11(23(26)27)10-13(14)16(22-17)19-8-9-20-18(24)25/h2-7,10,20H,8-9H2,1H3,(H,24,25)(H,19,21,22). The first-order chi connectivity index (χ1) is 13.5. The van der Waals surface area contributed by atoms with E-state index < -0.39 is 11.0 Å². The normalized spacial score (nSPS) is 10.5. The van der Waals surface area contributed by atoms with Gasteiger partial charge in [0.2, 0.25) is 0 Å². The Morgan fingerprint density at radius 1 is 1.21 bits per heavy atom. The molecular weight excluding hydrogens is 366 g/mol. The van der Waals surface area contributed by atoms with Gasteiger partial charge in [0.25, 0.3) is 5.69 Å². The highest BCUT2D eigenvalue weighted by atomic mass is 16.6. The van der Waals surface area contributed by atoms with E-state index in [0.717, 1.165) is 0 Å². The van der Waals surface area contributed by atoms with Gasteiger partial charge in [0, 0.05) is 30.6 Å². The van der Waals surface area contributed by atoms with E-state index in [1.807, 2.05) is 12.1 Å². The molecule has 0 aliphatic rings. The monoisotopic (exact) mass is 383 g/mol. The number of rotatable bonds is 7. The highest BCUT2D eigenvalue weighted by molar-refractivity contribution is 5.92. The van der Waals surface area contributed by atoms with E-state index in [1.165, 1.54) is 12.1 Å². The number of carbonyl (C=O) groups is 1. The summed E-state index contributed by atoms with van der Waals surface area (Å²) in [5.74, 6) is 1.33. The molecule has 10 heteroatoms. The van der Waals surface area contributed by atoms with Crippen LogP contribution in [0.2, 0.25) is 0 Å². The maximum absolute atomic E-state index is 11.1. The maximum atomic E-state index is 11.1. The van der Waals surface area contributed by atoms with Crippen molar-refractivity contribution >= 4 is 28.5 Å². The van der Waals surface area contributed by atoms with Crippen molar-refractivity contribution in [3.8, 4) is 17.1 Å². The average molecular weight is 383 g/mol. The fourth-order valence-electron chi connectivity index (χ4n) is 2.66. The number of nitro benzene ring substituents is 1. The number of carboxylic acid groups (broad SMARTS) is 1. The van der Waals surface area contributed by atoms with Crippen LogP contribution in [-0.4, -0.2) is 46.3 Å². The van der Waals surface area contributed by atoms with E-state index in [0.29, 0.717) is 33.9 Å². The molecule has 1 amide bonds. The molecule has 28 heavy (non-hydrogen) atoms. The summed E-state index contributed by atoms with van der Waals surface area (Å²) in [5, 5.41) is 25.5. The van der Waals surface area contributed by atoms with Crippen molar-refractivity contribution in [2.75, 3.05) is 25.5 Å². The molecule has 3 N–H and O–H groups in total. The molecule has 0 saturated heterocycles. The zero-order chi connectivity index (χ0) is 20.1. The first kappa shape index (κ1) is 18.8. The van der Waals surface area contributed by atoms with Gasteiger partial charge < -0.3 is 20.5 Å². The molecule has 0 fully saturated rings. The lowest BCUT2D eigenvalue weighted by Crippen LogP contribution is -2.27. The van der Waals surface area contributed by atoms with E-state index in [2.05, 4.69) is 20.6 Å². The van der Waals surface area contributed by atoms with Gasteiger partial charge >= 0.3 is 6.09 Å². The lowest BCUT2D eigenvalue weighted by atomic mass is 10.1. The molecule has 0 atom stereocenters. The van der Waals surface area contributed by atoms with Gasteiger partial charge in [-0.1, -0.05) is 12.1 Å². The van der Waals surface area contributed by atoms with Gasteiger partial charge in [0.15, 0.2) is 5.82 Å². The predicted molar refractivity (Wildman–Crippen MR) is 103 cm³/mol. The van der Waals surface area contributed by atoms with Crippen LogP contribution in [0.25, 0.3) is 22.3 Å². The van der Waals surface area contributed by atoms with Crippen molar-refractivity contribution in [3.63, 3.8) is 0 Å². The molecule has 0 spiro atoms. The largest absolute Gasteiger partial charge is 0.496 e. The summed E-state index contributed by atoms with van der Waals surface area (Å²) in [6, 6.07) is 11.5. The van der Waals surface area contributed by atoms with E-state index >= 15 is 0 Å². The number of amides is 1. The predicted octanol–water partition coefficient (Wildman–Crippen LogP) is 2.89. The number of benzene rings is 2. The average Bonchev–Trinajstić information content (AvgIpc) is 2.70. The molecule has 2 aromatic carbocycles. The number of para-hydroxylation sites is 1. The van der Waals surface area contributed by atoms with Gasteiger partial charge in [-0.2, -0.15) is 0 Å². The summed E-state index contributed by atoms with van der Waals surface area (Å²) in [6.07, 6.45) is -1.14. The number of methoxy groups -OCH3 is 1. The van der Waals surface area contributed by atoms with Crippen LogP contribution in [0.15, 0.2) is 42.5 Å². The number of nitrogens with zero attached hydrogens (tertiary/aromatic N) is 3. The third kappa shape index (κ3) is 4.06. The van der Waals surface area contributed by atoms with Gasteiger partial charge in [-0.3, -0.25) is 10.1 Å². The van der Waals surface area contributed by atoms with E-state index in [-0.39, 0.29) is 18.8 Å². The van der Waals surface area contributed by atoms with E-state index in [4.69, 9.17) is 9.84 Å². The minimum absolute atomic E-state index is 0.0900. The number of nitro groups is 1. The van der Waals surface area contributed by atoms with Crippen molar-refractivity contribution in [3.05, 3.63) is 52.6 Å². The molecule has 10 nitrogen and oxygen atoms in total. The van der Waals surface area contributed by atoms with Crippen LogP contribution in [0.4, 0.5) is 16.3 Å². The molecule has 0 bridgehead atoms. The van der Waals surface area contributed by atoms with Crippen LogP contribution in [0.5, 0.6) is 5.75 Å². The van der Waals surface area contributed by atoms with Crippen LogP contribution in [0.3, 0.4) is 0 Å². The first-order valence-corrected chi connectivity index (χ1v) is 8.30. The number of ether oxygens (including phenoxy) is 1. The molecule has 0 aliphatic carbocycles. The Morgan fingerprint density at radius 3 is 2.71 bits per heavy atom. The summed E-state index contributed by atoms with van der Waals surface area (Å²) in [4.78, 5) is 30.2. The van der Waals surface area contributed by atoms with Crippen LogP contribution >= 0.6 is 0 Å². The van der Waals surface area contributed by atoms with Crippen molar-refractivity contribution < 1.29 is 19.6 Å². The molecule has 1 heterocycles. The zero-order valence-corrected chi connectivity index (χ0v) is 14.9. The third-order valence-electron chi connectivity index (χ3n) is 3.93.